The topological polar surface area (TPSA) is 113 Å². The van der Waals surface area contributed by atoms with Crippen LogP contribution in [-0.2, 0) is 17.8 Å². The Balaban J connectivity index is 0.977. The zero-order valence-electron chi connectivity index (χ0n) is 25.1. The molecule has 238 valence electrons. The number of nitrogens with zero attached hydrogens (tertiary/aromatic N) is 4. The highest BCUT2D eigenvalue weighted by Crippen LogP contribution is 2.35. The van der Waals surface area contributed by atoms with Crippen molar-refractivity contribution < 1.29 is 22.7 Å². The molecular formula is C33H38F3N7O2. The van der Waals surface area contributed by atoms with Crippen LogP contribution in [0.3, 0.4) is 0 Å². The van der Waals surface area contributed by atoms with Crippen molar-refractivity contribution in [3.05, 3.63) is 89.5 Å². The van der Waals surface area contributed by atoms with Gasteiger partial charge in [0.1, 0.15) is 23.1 Å². The van der Waals surface area contributed by atoms with Gasteiger partial charge >= 0.3 is 6.09 Å². The number of carbonyl (C=O) groups is 1. The molecule has 6 rings (SSSR count). The van der Waals surface area contributed by atoms with Crippen LogP contribution in [-0.4, -0.2) is 70.1 Å². The van der Waals surface area contributed by atoms with Crippen LogP contribution in [0.2, 0.25) is 0 Å². The lowest BCUT2D eigenvalue weighted by Crippen LogP contribution is -2.46. The van der Waals surface area contributed by atoms with Crippen molar-refractivity contribution in [2.45, 2.75) is 50.4 Å². The molecule has 9 nitrogen and oxygen atoms in total. The summed E-state index contributed by atoms with van der Waals surface area (Å²) >= 11 is 0. The normalized spacial score (nSPS) is 18.8. The molecule has 3 aliphatic rings. The summed E-state index contributed by atoms with van der Waals surface area (Å²) in [5.41, 5.74) is 14.2. The molecular weight excluding hydrogens is 583 g/mol. The fourth-order valence-corrected chi connectivity index (χ4v) is 6.42. The Morgan fingerprint density at radius 2 is 1.69 bits per heavy atom. The van der Waals surface area contributed by atoms with Gasteiger partial charge in [0.25, 0.3) is 0 Å². The third-order valence-corrected chi connectivity index (χ3v) is 9.11. The summed E-state index contributed by atoms with van der Waals surface area (Å²) in [7, 11) is 0. The van der Waals surface area contributed by atoms with Crippen molar-refractivity contribution in [2.24, 2.45) is 0 Å². The van der Waals surface area contributed by atoms with E-state index in [1.807, 2.05) is 17.0 Å². The van der Waals surface area contributed by atoms with Gasteiger partial charge in [-0.3, -0.25) is 14.8 Å². The molecule has 0 radical (unpaired) electrons. The number of halogens is 3. The molecule has 4 heterocycles. The van der Waals surface area contributed by atoms with E-state index >= 15 is 0 Å². The molecule has 5 N–H and O–H groups in total. The molecule has 2 aromatic carbocycles. The van der Waals surface area contributed by atoms with E-state index in [1.165, 1.54) is 6.07 Å². The molecule has 1 amide bonds. The number of benzene rings is 2. The van der Waals surface area contributed by atoms with E-state index < -0.39 is 23.1 Å². The lowest BCUT2D eigenvalue weighted by atomic mass is 9.91. The quantitative estimate of drug-likeness (QED) is 0.295. The summed E-state index contributed by atoms with van der Waals surface area (Å²) in [6.07, 6.45) is 4.34. The average molecular weight is 622 g/mol. The number of nitrogens with one attached hydrogen (secondary N) is 1. The van der Waals surface area contributed by atoms with Gasteiger partial charge in [-0.25, -0.2) is 18.0 Å². The number of hydrogen-bond acceptors (Lipinski definition) is 8. The van der Waals surface area contributed by atoms with Crippen LogP contribution in [0.4, 0.5) is 35.0 Å². The number of carbonyl (C=O) groups excluding carboxylic acids is 1. The van der Waals surface area contributed by atoms with Gasteiger partial charge in [0.2, 0.25) is 0 Å². The maximum Gasteiger partial charge on any atom is 0.410 e. The molecule has 0 atom stereocenters. The van der Waals surface area contributed by atoms with Gasteiger partial charge in [-0.1, -0.05) is 6.58 Å². The molecule has 0 unspecified atom stereocenters. The number of nitrogens with two attached hydrogens (primary N) is 2. The molecule has 3 saturated heterocycles. The Kier molecular flexibility index (Phi) is 8.50. The number of pyridine rings is 1. The number of hydrogen-bond donors (Lipinski definition) is 3. The summed E-state index contributed by atoms with van der Waals surface area (Å²) in [5.74, 6) is -1.72. The van der Waals surface area contributed by atoms with Crippen LogP contribution in [0.25, 0.3) is 5.70 Å². The first-order valence-electron chi connectivity index (χ1n) is 15.2. The molecule has 3 aliphatic heterocycles. The second kappa shape index (κ2) is 12.5. The Hall–Kier alpha value is -4.45. The first-order chi connectivity index (χ1) is 21.6. The van der Waals surface area contributed by atoms with Gasteiger partial charge in [0.15, 0.2) is 0 Å². The highest BCUT2D eigenvalue weighted by molar-refractivity contribution is 5.71. The van der Waals surface area contributed by atoms with Crippen molar-refractivity contribution in [1.29, 1.82) is 0 Å². The van der Waals surface area contributed by atoms with Crippen LogP contribution < -0.4 is 16.8 Å². The zero-order valence-corrected chi connectivity index (χ0v) is 25.1. The Labute approximate surface area is 260 Å². The van der Waals surface area contributed by atoms with E-state index in [2.05, 4.69) is 21.8 Å². The van der Waals surface area contributed by atoms with E-state index in [0.717, 1.165) is 60.7 Å². The number of likely N-dealkylation sites (tertiary alicyclic amines) is 2. The minimum atomic E-state index is -0.653. The molecule has 12 heteroatoms. The van der Waals surface area contributed by atoms with Gasteiger partial charge in [-0.05, 0) is 55.3 Å². The molecule has 1 spiro atoms. The lowest BCUT2D eigenvalue weighted by Gasteiger charge is -2.37. The van der Waals surface area contributed by atoms with E-state index in [-0.39, 0.29) is 35.6 Å². The Morgan fingerprint density at radius 3 is 2.33 bits per heavy atom. The average Bonchev–Trinajstić information content (AvgIpc) is 3.32. The summed E-state index contributed by atoms with van der Waals surface area (Å²) in [4.78, 5) is 23.3. The van der Waals surface area contributed by atoms with Crippen LogP contribution >= 0.6 is 0 Å². The van der Waals surface area contributed by atoms with Crippen LogP contribution in [0, 0.1) is 17.5 Å². The summed E-state index contributed by atoms with van der Waals surface area (Å²) in [5, 5.41) is 3.44. The van der Waals surface area contributed by atoms with E-state index in [1.54, 1.807) is 23.2 Å². The van der Waals surface area contributed by atoms with E-state index in [4.69, 9.17) is 16.2 Å². The van der Waals surface area contributed by atoms with E-state index in [9.17, 15) is 18.0 Å². The van der Waals surface area contributed by atoms with Crippen LogP contribution in [0.1, 0.15) is 42.5 Å². The first-order valence-corrected chi connectivity index (χ1v) is 15.2. The molecule has 45 heavy (non-hydrogen) atoms. The van der Waals surface area contributed by atoms with Gasteiger partial charge in [-0.2, -0.15) is 0 Å². The summed E-state index contributed by atoms with van der Waals surface area (Å²) in [6.45, 7) is 7.93. The van der Waals surface area contributed by atoms with Gasteiger partial charge < -0.3 is 26.4 Å². The van der Waals surface area contributed by atoms with Gasteiger partial charge in [0, 0.05) is 86.0 Å². The largest absolute Gasteiger partial charge is 0.441 e. The highest BCUT2D eigenvalue weighted by atomic mass is 19.1. The second-order valence-corrected chi connectivity index (χ2v) is 12.3. The fourth-order valence-electron chi connectivity index (χ4n) is 6.42. The third-order valence-electron chi connectivity index (χ3n) is 9.11. The lowest BCUT2D eigenvalue weighted by molar-refractivity contribution is -0.00164. The number of rotatable bonds is 8. The van der Waals surface area contributed by atoms with Crippen molar-refractivity contribution in [3.63, 3.8) is 0 Å². The molecule has 0 saturated carbocycles. The molecule has 1 aromatic heterocycles. The number of amides is 1. The molecule has 0 bridgehead atoms. The number of piperidine rings is 2. The maximum absolute atomic E-state index is 14.3. The maximum atomic E-state index is 14.3. The summed E-state index contributed by atoms with van der Waals surface area (Å²) in [6, 6.07) is 11.1. The minimum absolute atomic E-state index is 0.00303. The Bertz CT molecular complexity index is 1550. The van der Waals surface area contributed by atoms with E-state index in [0.29, 0.717) is 39.0 Å². The predicted molar refractivity (Wildman–Crippen MR) is 167 cm³/mol. The number of ether oxygens (including phenoxy) is 1. The van der Waals surface area contributed by atoms with Gasteiger partial charge in [-0.15, -0.1) is 0 Å². The SMILES string of the molecule is C=C(c1ccc(CN2CC3(CCN(Cc4c(F)cc(N)cc4F)CC3)OC2=O)nc1)N1CCC(Nc2ccc(F)c(N)c2)CC1. The highest BCUT2D eigenvalue weighted by Gasteiger charge is 2.47. The first kappa shape index (κ1) is 30.6. The second-order valence-electron chi connectivity index (χ2n) is 12.3. The predicted octanol–water partition coefficient (Wildman–Crippen LogP) is 5.20. The molecule has 3 aromatic rings. The number of aromatic nitrogens is 1. The monoisotopic (exact) mass is 621 g/mol. The fraction of sp³-hybridized carbons (Fsp3) is 0.394. The van der Waals surface area contributed by atoms with Crippen molar-refractivity contribution >= 4 is 28.9 Å². The van der Waals surface area contributed by atoms with Crippen molar-refractivity contribution in [2.75, 3.05) is 49.5 Å². The van der Waals surface area contributed by atoms with Crippen molar-refractivity contribution in [1.82, 2.24) is 19.7 Å². The number of nitrogen functional groups attached to an aromatic ring is 2. The summed E-state index contributed by atoms with van der Waals surface area (Å²) < 4.78 is 47.9. The van der Waals surface area contributed by atoms with Gasteiger partial charge in [0.05, 0.1) is 24.5 Å². The Morgan fingerprint density at radius 1 is 0.978 bits per heavy atom. The van der Waals surface area contributed by atoms with Crippen LogP contribution in [0.15, 0.2) is 55.2 Å². The zero-order chi connectivity index (χ0) is 31.7. The van der Waals surface area contributed by atoms with Crippen molar-refractivity contribution in [3.8, 4) is 0 Å². The molecule has 3 fully saturated rings. The molecule has 0 aliphatic carbocycles. The third kappa shape index (κ3) is 6.80. The standard InChI is InChI=1S/C33H38F3N7O2/c1-21(42-10-6-24(7-11-42)40-25-4-5-28(34)31(38)16-25)22-2-3-26(39-17-22)18-43-20-33(45-32(43)44)8-12-41(13-9-33)19-27-29(35)14-23(37)15-30(27)36/h2-5,14-17,24,40H,1,6-13,18-20,37-38H2. The minimum Gasteiger partial charge on any atom is -0.441 e. The smallest absolute Gasteiger partial charge is 0.410 e. The van der Waals surface area contributed by atoms with Crippen LogP contribution in [0.5, 0.6) is 0 Å². The number of anilines is 3.